The van der Waals surface area contributed by atoms with Gasteiger partial charge in [0.15, 0.2) is 5.96 Å². The van der Waals surface area contributed by atoms with Crippen LogP contribution in [0.25, 0.3) is 0 Å². The van der Waals surface area contributed by atoms with Crippen molar-refractivity contribution in [2.75, 3.05) is 26.2 Å². The highest BCUT2D eigenvalue weighted by Gasteiger charge is 2.64. The third-order valence-corrected chi connectivity index (χ3v) is 6.13. The topological polar surface area (TPSA) is 223 Å². The van der Waals surface area contributed by atoms with Crippen LogP contribution in [0.4, 0.5) is 4.79 Å². The first-order valence-electron chi connectivity index (χ1n) is 9.64. The zero-order valence-electron chi connectivity index (χ0n) is 16.4. The summed E-state index contributed by atoms with van der Waals surface area (Å²) < 4.78 is 41.5. The molecular formula is C15H24N8O7S. The van der Waals surface area contributed by atoms with E-state index in [0.29, 0.717) is 19.5 Å². The summed E-state index contributed by atoms with van der Waals surface area (Å²) in [6.45, 7) is 1.09. The molecule has 15 nitrogen and oxygen atoms in total. The van der Waals surface area contributed by atoms with Crippen molar-refractivity contribution in [2.24, 2.45) is 21.9 Å². The maximum atomic E-state index is 12.7. The predicted octanol–water partition coefficient (Wildman–Crippen LogP) is -1.97. The minimum Gasteiger partial charge on any atom is -0.420 e. The van der Waals surface area contributed by atoms with E-state index < -0.39 is 34.6 Å². The Kier molecular flexibility index (Phi) is 5.50. The summed E-state index contributed by atoms with van der Waals surface area (Å²) >= 11 is 0. The average Bonchev–Trinajstić information content (AvgIpc) is 3.17. The number of hydrogen-bond donors (Lipinski definition) is 5. The molecule has 1 spiro atoms. The molecule has 3 aliphatic rings. The molecule has 4 rings (SSSR count). The lowest BCUT2D eigenvalue weighted by molar-refractivity contribution is -0.0530. The van der Waals surface area contributed by atoms with Crippen molar-refractivity contribution in [1.29, 1.82) is 0 Å². The number of nitrogens with one attached hydrogen (secondary N) is 1. The van der Waals surface area contributed by atoms with Crippen LogP contribution in [0, 0.1) is 5.41 Å². The monoisotopic (exact) mass is 460 g/mol. The number of aromatic nitrogens is 2. The number of nitrogens with zero attached hydrogens (tertiary/aromatic N) is 5. The van der Waals surface area contributed by atoms with Gasteiger partial charge in [-0.2, -0.15) is 13.5 Å². The van der Waals surface area contributed by atoms with Crippen LogP contribution in [0.1, 0.15) is 43.2 Å². The van der Waals surface area contributed by atoms with E-state index in [-0.39, 0.29) is 36.2 Å². The Morgan fingerprint density at radius 1 is 1.42 bits per heavy atom. The largest absolute Gasteiger partial charge is 0.420 e. The Labute approximate surface area is 177 Å². The van der Waals surface area contributed by atoms with Gasteiger partial charge in [0.05, 0.1) is 12.6 Å². The van der Waals surface area contributed by atoms with E-state index in [1.165, 1.54) is 4.90 Å². The molecule has 172 valence electrons. The third kappa shape index (κ3) is 4.42. The molecule has 7 N–H and O–H groups in total. The summed E-state index contributed by atoms with van der Waals surface area (Å²) in [6, 6.07) is -1.80. The molecule has 1 aromatic heterocycles. The molecule has 0 radical (unpaired) electrons. The van der Waals surface area contributed by atoms with E-state index in [4.69, 9.17) is 20.4 Å². The first-order valence-corrected chi connectivity index (χ1v) is 11.0. The molecule has 2 aliphatic heterocycles. The standard InChI is InChI=1S/C15H24N8O7S/c16-13(17)19-4-3-18-6-9(24)12-21-20-11(29-12)8-5-15(1-2-15)10-7-22(8)14(25)23(10)30-31(26,27)28/h8-10,18,24H,1-7H2,(H4,16,17,19)(H,26,27,28)/t8-,9+,10-/m0/s1. The first kappa shape index (κ1) is 21.7. The number of hydrogen-bond acceptors (Lipinski definition) is 10. The molecule has 0 unspecified atom stereocenters. The van der Waals surface area contributed by atoms with Crippen LogP contribution >= 0.6 is 0 Å². The van der Waals surface area contributed by atoms with Gasteiger partial charge in [-0.05, 0) is 24.7 Å². The van der Waals surface area contributed by atoms with Crippen LogP contribution in [0.15, 0.2) is 9.41 Å². The molecule has 0 aromatic carbocycles. The quantitative estimate of drug-likeness (QED) is 0.117. The van der Waals surface area contributed by atoms with Crippen LogP contribution in [0.5, 0.6) is 0 Å². The van der Waals surface area contributed by atoms with Gasteiger partial charge in [-0.3, -0.25) is 9.55 Å². The molecule has 2 amide bonds. The number of hydroxylamine groups is 2. The molecule has 31 heavy (non-hydrogen) atoms. The lowest BCUT2D eigenvalue weighted by atomic mass is 9.85. The van der Waals surface area contributed by atoms with E-state index in [9.17, 15) is 18.3 Å². The Hall–Kier alpha value is -2.53. The van der Waals surface area contributed by atoms with Gasteiger partial charge in [-0.1, -0.05) is 0 Å². The van der Waals surface area contributed by atoms with Crippen LogP contribution in [0.2, 0.25) is 0 Å². The molecule has 2 saturated heterocycles. The summed E-state index contributed by atoms with van der Waals surface area (Å²) in [5, 5.41) is 21.8. The van der Waals surface area contributed by atoms with Crippen LogP contribution < -0.4 is 16.8 Å². The molecule has 2 bridgehead atoms. The second-order valence-electron chi connectivity index (χ2n) is 7.87. The van der Waals surface area contributed by atoms with Crippen molar-refractivity contribution in [2.45, 2.75) is 37.5 Å². The Morgan fingerprint density at radius 2 is 2.16 bits per heavy atom. The summed E-state index contributed by atoms with van der Waals surface area (Å²) in [4.78, 5) is 17.9. The summed E-state index contributed by atoms with van der Waals surface area (Å²) in [5.41, 5.74) is 10.1. The number of fused-ring (bicyclic) bond motifs is 3. The minimum atomic E-state index is -4.84. The average molecular weight is 460 g/mol. The molecule has 16 heteroatoms. The zero-order valence-corrected chi connectivity index (χ0v) is 17.2. The predicted molar refractivity (Wildman–Crippen MR) is 102 cm³/mol. The van der Waals surface area contributed by atoms with Crippen molar-refractivity contribution in [3.8, 4) is 0 Å². The number of aliphatic hydroxyl groups is 1. The van der Waals surface area contributed by atoms with Gasteiger partial charge in [-0.25, -0.2) is 4.79 Å². The number of carbonyl (C=O) groups is 1. The molecule has 1 saturated carbocycles. The van der Waals surface area contributed by atoms with Gasteiger partial charge >= 0.3 is 16.4 Å². The van der Waals surface area contributed by atoms with E-state index in [1.807, 2.05) is 0 Å². The maximum absolute atomic E-state index is 12.7. The smallest absolute Gasteiger partial charge is 0.418 e. The second-order valence-corrected chi connectivity index (χ2v) is 8.87. The number of guanidine groups is 1. The van der Waals surface area contributed by atoms with Gasteiger partial charge < -0.3 is 31.2 Å². The third-order valence-electron chi connectivity index (χ3n) is 5.78. The van der Waals surface area contributed by atoms with Crippen LogP contribution in [-0.2, 0) is 14.7 Å². The number of urea groups is 1. The summed E-state index contributed by atoms with van der Waals surface area (Å²) in [7, 11) is -4.84. The molecular weight excluding hydrogens is 436 g/mol. The molecule has 1 aromatic rings. The number of nitrogens with two attached hydrogens (primary N) is 2. The van der Waals surface area contributed by atoms with Gasteiger partial charge in [-0.15, -0.1) is 14.5 Å². The fourth-order valence-corrected chi connectivity index (χ4v) is 4.51. The number of amides is 2. The second kappa shape index (κ2) is 7.86. The van der Waals surface area contributed by atoms with Gasteiger partial charge in [0.1, 0.15) is 12.1 Å². The van der Waals surface area contributed by atoms with Gasteiger partial charge in [0.2, 0.25) is 11.8 Å². The van der Waals surface area contributed by atoms with Crippen molar-refractivity contribution >= 4 is 22.4 Å². The lowest BCUT2D eigenvalue weighted by Gasteiger charge is -2.34. The van der Waals surface area contributed by atoms with Crippen LogP contribution in [0.3, 0.4) is 0 Å². The van der Waals surface area contributed by atoms with E-state index in [0.717, 1.165) is 17.9 Å². The van der Waals surface area contributed by atoms with E-state index in [1.54, 1.807) is 0 Å². The maximum Gasteiger partial charge on any atom is 0.418 e. The van der Waals surface area contributed by atoms with Gasteiger partial charge in [0.25, 0.3) is 0 Å². The summed E-state index contributed by atoms with van der Waals surface area (Å²) in [6.07, 6.45) is 0.928. The SMILES string of the molecule is NC(N)=NCCNC[C@@H](O)c1nnc([C@@H]2CC3(CC3)[C@@H]3CN2C(=O)N3OS(=O)(=O)O)o1. The zero-order chi connectivity index (χ0) is 22.4. The van der Waals surface area contributed by atoms with E-state index in [2.05, 4.69) is 24.8 Å². The molecule has 3 fully saturated rings. The highest BCUT2D eigenvalue weighted by molar-refractivity contribution is 7.80. The van der Waals surface area contributed by atoms with Crippen molar-refractivity contribution < 1.29 is 31.6 Å². The molecule has 1 aliphatic carbocycles. The fraction of sp³-hybridized carbons (Fsp3) is 0.733. The molecule has 3 atom stereocenters. The minimum absolute atomic E-state index is 0.0194. The Balaban J connectivity index is 1.43. The first-order chi connectivity index (χ1) is 14.6. The number of aliphatic imine (C=N–C) groups is 1. The molecule has 3 heterocycles. The van der Waals surface area contributed by atoms with Crippen molar-refractivity contribution in [1.82, 2.24) is 25.5 Å². The lowest BCUT2D eigenvalue weighted by Crippen LogP contribution is -2.43. The van der Waals surface area contributed by atoms with E-state index >= 15 is 0 Å². The number of carbonyl (C=O) groups excluding carboxylic acids is 1. The number of rotatable bonds is 9. The summed E-state index contributed by atoms with van der Waals surface area (Å²) in [5.74, 6) is 0.0967. The number of aliphatic hydroxyl groups excluding tert-OH is 1. The van der Waals surface area contributed by atoms with Crippen LogP contribution in [-0.4, -0.2) is 82.4 Å². The normalized spacial score (nSPS) is 25.2. The number of piperidine rings is 1. The Bertz CT molecular complexity index is 974. The highest BCUT2D eigenvalue weighted by Crippen LogP contribution is 2.61. The van der Waals surface area contributed by atoms with Crippen molar-refractivity contribution in [3.63, 3.8) is 0 Å². The Morgan fingerprint density at radius 3 is 2.81 bits per heavy atom. The van der Waals surface area contributed by atoms with Gasteiger partial charge in [0, 0.05) is 19.6 Å². The fourth-order valence-electron chi connectivity index (χ4n) is 4.14. The van der Waals surface area contributed by atoms with Crippen molar-refractivity contribution in [3.05, 3.63) is 11.8 Å². The highest BCUT2D eigenvalue weighted by atomic mass is 32.3.